The lowest BCUT2D eigenvalue weighted by molar-refractivity contribution is -0.128. The summed E-state index contributed by atoms with van der Waals surface area (Å²) in [4.78, 5) is 35.1. The Morgan fingerprint density at radius 2 is 2.08 bits per heavy atom. The van der Waals surface area contributed by atoms with Gasteiger partial charge in [0.15, 0.2) is 0 Å². The first-order valence-electron chi connectivity index (χ1n) is 8.49. The molecule has 1 atom stereocenters. The van der Waals surface area contributed by atoms with Gasteiger partial charge in [0.25, 0.3) is 5.91 Å². The van der Waals surface area contributed by atoms with Crippen LogP contribution in [0.15, 0.2) is 6.20 Å². The molecule has 24 heavy (non-hydrogen) atoms. The van der Waals surface area contributed by atoms with Gasteiger partial charge in [-0.2, -0.15) is 0 Å². The van der Waals surface area contributed by atoms with Crippen molar-refractivity contribution in [3.63, 3.8) is 0 Å². The van der Waals surface area contributed by atoms with E-state index >= 15 is 0 Å². The van der Waals surface area contributed by atoms with Crippen LogP contribution in [0.5, 0.6) is 0 Å². The summed E-state index contributed by atoms with van der Waals surface area (Å²) < 4.78 is 0. The van der Waals surface area contributed by atoms with Gasteiger partial charge in [0, 0.05) is 31.6 Å². The molecule has 0 radical (unpaired) electrons. The van der Waals surface area contributed by atoms with Crippen LogP contribution >= 0.6 is 0 Å². The average molecular weight is 332 g/mol. The van der Waals surface area contributed by atoms with Gasteiger partial charge in [0.2, 0.25) is 5.91 Å². The molecule has 1 aromatic rings. The Hall–Kier alpha value is -1.98. The highest BCUT2D eigenvalue weighted by Gasteiger charge is 2.33. The summed E-state index contributed by atoms with van der Waals surface area (Å²) in [6, 6.07) is -0.156. The summed E-state index contributed by atoms with van der Waals surface area (Å²) in [5.74, 6) is 0.840. The minimum absolute atomic E-state index is 0.0473. The van der Waals surface area contributed by atoms with Crippen LogP contribution in [0, 0.1) is 12.3 Å². The summed E-state index contributed by atoms with van der Waals surface area (Å²) in [5.41, 5.74) is 1.19. The van der Waals surface area contributed by atoms with Crippen molar-refractivity contribution < 1.29 is 9.59 Å². The molecule has 1 saturated heterocycles. The van der Waals surface area contributed by atoms with E-state index in [0.717, 1.165) is 5.82 Å². The number of nitrogens with one attached hydrogen (secondary N) is 1. The predicted molar refractivity (Wildman–Crippen MR) is 92.8 cm³/mol. The maximum atomic E-state index is 12.5. The van der Waals surface area contributed by atoms with Crippen molar-refractivity contribution in [1.29, 1.82) is 0 Å². The van der Waals surface area contributed by atoms with Crippen molar-refractivity contribution in [2.45, 2.75) is 59.9 Å². The molecule has 0 aliphatic carbocycles. The summed E-state index contributed by atoms with van der Waals surface area (Å²) in [5, 5.41) is 2.95. The lowest BCUT2D eigenvalue weighted by Gasteiger charge is -2.26. The summed E-state index contributed by atoms with van der Waals surface area (Å²) >= 11 is 0. The van der Waals surface area contributed by atoms with Crippen molar-refractivity contribution in [2.24, 2.45) is 5.41 Å². The molecule has 2 heterocycles. The van der Waals surface area contributed by atoms with Gasteiger partial charge in [0.05, 0.1) is 17.3 Å². The topological polar surface area (TPSA) is 75.2 Å². The molecule has 0 aromatic carbocycles. The molecule has 0 saturated carbocycles. The molecule has 6 nitrogen and oxygen atoms in total. The highest BCUT2D eigenvalue weighted by atomic mass is 16.2. The summed E-state index contributed by atoms with van der Waals surface area (Å²) in [6.07, 6.45) is 1.93. The Labute approximate surface area is 144 Å². The van der Waals surface area contributed by atoms with Crippen LogP contribution in [0.25, 0.3) is 0 Å². The normalized spacial score (nSPS) is 18.4. The lowest BCUT2D eigenvalue weighted by atomic mass is 9.96. The zero-order valence-corrected chi connectivity index (χ0v) is 15.5. The van der Waals surface area contributed by atoms with E-state index in [-0.39, 0.29) is 29.2 Å². The highest BCUT2D eigenvalue weighted by Crippen LogP contribution is 2.20. The smallest absolute Gasteiger partial charge is 0.254 e. The Morgan fingerprint density at radius 3 is 2.62 bits per heavy atom. The van der Waals surface area contributed by atoms with Gasteiger partial charge < -0.3 is 10.2 Å². The molecule has 2 rings (SSSR count). The van der Waals surface area contributed by atoms with Crippen LogP contribution < -0.4 is 5.32 Å². The lowest BCUT2D eigenvalue weighted by Crippen LogP contribution is -2.39. The van der Waals surface area contributed by atoms with Gasteiger partial charge in [-0.25, -0.2) is 9.97 Å². The Kier molecular flexibility index (Phi) is 5.26. The van der Waals surface area contributed by atoms with E-state index in [1.54, 1.807) is 6.20 Å². The van der Waals surface area contributed by atoms with Gasteiger partial charge in [0.1, 0.15) is 5.82 Å². The maximum Gasteiger partial charge on any atom is 0.254 e. The first-order chi connectivity index (χ1) is 11.1. The van der Waals surface area contributed by atoms with Gasteiger partial charge in [-0.3, -0.25) is 9.59 Å². The molecule has 0 spiro atoms. The molecule has 0 unspecified atom stereocenters. The van der Waals surface area contributed by atoms with Crippen LogP contribution in [0.2, 0.25) is 0 Å². The molecule has 2 amide bonds. The van der Waals surface area contributed by atoms with E-state index < -0.39 is 0 Å². The maximum absolute atomic E-state index is 12.5. The van der Waals surface area contributed by atoms with Crippen molar-refractivity contribution in [1.82, 2.24) is 20.2 Å². The van der Waals surface area contributed by atoms with E-state index in [0.29, 0.717) is 30.8 Å². The van der Waals surface area contributed by atoms with Crippen molar-refractivity contribution in [2.75, 3.05) is 13.1 Å². The number of nitrogens with zero attached hydrogens (tertiary/aromatic N) is 3. The molecule has 1 fully saturated rings. The number of aromatic nitrogens is 2. The van der Waals surface area contributed by atoms with Crippen LogP contribution in [0.4, 0.5) is 0 Å². The molecular weight excluding hydrogens is 304 g/mol. The number of aryl methyl sites for hydroxylation is 1. The van der Waals surface area contributed by atoms with Gasteiger partial charge in [-0.1, -0.05) is 34.6 Å². The number of hydrogen-bond acceptors (Lipinski definition) is 4. The molecule has 1 aliphatic rings. The fourth-order valence-electron chi connectivity index (χ4n) is 2.84. The predicted octanol–water partition coefficient (Wildman–Crippen LogP) is 2.29. The Bertz CT molecular complexity index is 634. The van der Waals surface area contributed by atoms with Crippen LogP contribution in [0.3, 0.4) is 0 Å². The second-order valence-corrected chi connectivity index (χ2v) is 8.09. The minimum atomic E-state index is -0.210. The zero-order chi connectivity index (χ0) is 18.1. The average Bonchev–Trinajstić information content (AvgIpc) is 2.76. The highest BCUT2D eigenvalue weighted by molar-refractivity contribution is 5.95. The van der Waals surface area contributed by atoms with E-state index in [2.05, 4.69) is 36.1 Å². The first kappa shape index (κ1) is 18.4. The third kappa shape index (κ3) is 4.52. The second kappa shape index (κ2) is 6.87. The van der Waals surface area contributed by atoms with Crippen LogP contribution in [0.1, 0.15) is 68.8 Å². The minimum Gasteiger partial charge on any atom is -0.347 e. The molecule has 6 heteroatoms. The molecule has 1 aromatic heterocycles. The number of likely N-dealkylation sites (tertiary alicyclic amines) is 1. The van der Waals surface area contributed by atoms with Gasteiger partial charge >= 0.3 is 0 Å². The van der Waals surface area contributed by atoms with E-state index in [1.807, 2.05) is 25.7 Å². The van der Waals surface area contributed by atoms with Crippen molar-refractivity contribution >= 4 is 11.8 Å². The fourth-order valence-corrected chi connectivity index (χ4v) is 2.84. The zero-order valence-electron chi connectivity index (χ0n) is 15.5. The molecule has 132 valence electrons. The van der Waals surface area contributed by atoms with Gasteiger partial charge in [-0.15, -0.1) is 0 Å². The second-order valence-electron chi connectivity index (χ2n) is 8.09. The number of hydrogen-bond donors (Lipinski definition) is 1. The SMILES string of the molecule is Cc1nc(C(C)C)ncc1C(=O)N[C@@H]1CC(=O)N(CC(C)(C)C)C1. The summed E-state index contributed by atoms with van der Waals surface area (Å²) in [7, 11) is 0. The quantitative estimate of drug-likeness (QED) is 0.918. The van der Waals surface area contributed by atoms with Gasteiger partial charge in [-0.05, 0) is 12.3 Å². The number of rotatable bonds is 4. The number of carbonyl (C=O) groups is 2. The van der Waals surface area contributed by atoms with Crippen molar-refractivity contribution in [3.8, 4) is 0 Å². The monoisotopic (exact) mass is 332 g/mol. The summed E-state index contributed by atoms with van der Waals surface area (Å²) in [6.45, 7) is 13.4. The Morgan fingerprint density at radius 1 is 1.42 bits per heavy atom. The van der Waals surface area contributed by atoms with E-state index in [1.165, 1.54) is 0 Å². The van der Waals surface area contributed by atoms with E-state index in [4.69, 9.17) is 0 Å². The fraction of sp³-hybridized carbons (Fsp3) is 0.667. The van der Waals surface area contributed by atoms with E-state index in [9.17, 15) is 9.59 Å². The Balaban J connectivity index is 2.02. The molecule has 0 bridgehead atoms. The van der Waals surface area contributed by atoms with Crippen LogP contribution in [-0.2, 0) is 4.79 Å². The standard InChI is InChI=1S/C18H28N4O2/c1-11(2)16-19-8-14(12(3)20-16)17(24)21-13-7-15(23)22(9-13)10-18(4,5)6/h8,11,13H,7,9-10H2,1-6H3,(H,21,24)/t13-/m1/s1. The van der Waals surface area contributed by atoms with Crippen LogP contribution in [-0.4, -0.2) is 45.8 Å². The van der Waals surface area contributed by atoms with Crippen molar-refractivity contribution in [3.05, 3.63) is 23.3 Å². The largest absolute Gasteiger partial charge is 0.347 e. The third-order valence-electron chi connectivity index (χ3n) is 3.97. The molecule has 1 aliphatic heterocycles. The molecule has 1 N–H and O–H groups in total. The third-order valence-corrected chi connectivity index (χ3v) is 3.97. The number of carbonyl (C=O) groups excluding carboxylic acids is 2. The first-order valence-corrected chi connectivity index (χ1v) is 8.49. The number of amides is 2. The molecular formula is C18H28N4O2.